The third-order valence-electron chi connectivity index (χ3n) is 1.10. The van der Waals surface area contributed by atoms with Crippen LogP contribution in [-0.4, -0.2) is 13.1 Å². The van der Waals surface area contributed by atoms with Gasteiger partial charge in [-0.15, -0.1) is 0 Å². The Labute approximate surface area is 63.0 Å². The van der Waals surface area contributed by atoms with Crippen LogP contribution < -0.4 is 0 Å². The van der Waals surface area contributed by atoms with E-state index >= 15 is 0 Å². The molecule has 4 nitrogen and oxygen atoms in total. The van der Waals surface area contributed by atoms with Gasteiger partial charge in [0.1, 0.15) is 6.07 Å². The van der Waals surface area contributed by atoms with Crippen LogP contribution in [0, 0.1) is 11.3 Å². The standard InChI is InChI=1S/C7H5NO3/c1-10-7(9)6-3-2-5(4-8)11-6/h2-3H,1H3. The molecule has 11 heavy (non-hydrogen) atoms. The summed E-state index contributed by atoms with van der Waals surface area (Å²) >= 11 is 0. The number of esters is 1. The van der Waals surface area contributed by atoms with Gasteiger partial charge in [-0.2, -0.15) is 5.26 Å². The van der Waals surface area contributed by atoms with E-state index in [1.165, 1.54) is 19.2 Å². The number of hydrogen-bond acceptors (Lipinski definition) is 4. The zero-order valence-electron chi connectivity index (χ0n) is 5.83. The minimum Gasteiger partial charge on any atom is -0.463 e. The van der Waals surface area contributed by atoms with Crippen LogP contribution in [0.4, 0.5) is 0 Å². The zero-order valence-corrected chi connectivity index (χ0v) is 5.83. The van der Waals surface area contributed by atoms with Gasteiger partial charge in [0, 0.05) is 0 Å². The Morgan fingerprint density at radius 1 is 1.73 bits per heavy atom. The summed E-state index contributed by atoms with van der Waals surface area (Å²) in [5.74, 6) is -0.430. The lowest BCUT2D eigenvalue weighted by atomic mass is 10.4. The molecule has 1 aromatic heterocycles. The van der Waals surface area contributed by atoms with Gasteiger partial charge in [-0.25, -0.2) is 4.79 Å². The molecule has 1 rings (SSSR count). The van der Waals surface area contributed by atoms with Crippen LogP contribution in [0.25, 0.3) is 0 Å². The fourth-order valence-corrected chi connectivity index (χ4v) is 0.608. The lowest BCUT2D eigenvalue weighted by Gasteiger charge is -1.90. The van der Waals surface area contributed by atoms with Gasteiger partial charge < -0.3 is 9.15 Å². The van der Waals surface area contributed by atoms with E-state index < -0.39 is 5.97 Å². The molecule has 0 unspecified atom stereocenters. The van der Waals surface area contributed by atoms with Crippen molar-refractivity contribution >= 4 is 5.97 Å². The van der Waals surface area contributed by atoms with Crippen LogP contribution in [0.15, 0.2) is 16.5 Å². The molecule has 0 saturated heterocycles. The molecule has 0 aliphatic carbocycles. The largest absolute Gasteiger partial charge is 0.463 e. The van der Waals surface area contributed by atoms with Crippen LogP contribution in [0.3, 0.4) is 0 Å². The predicted molar refractivity (Wildman–Crippen MR) is 34.8 cm³/mol. The second-order valence-electron chi connectivity index (χ2n) is 1.77. The average Bonchev–Trinajstić information content (AvgIpc) is 2.50. The number of furan rings is 1. The molecule has 0 bridgehead atoms. The van der Waals surface area contributed by atoms with Crippen molar-refractivity contribution in [2.45, 2.75) is 0 Å². The van der Waals surface area contributed by atoms with Crippen LogP contribution >= 0.6 is 0 Å². The van der Waals surface area contributed by atoms with Crippen LogP contribution in [0.2, 0.25) is 0 Å². The first-order valence-corrected chi connectivity index (χ1v) is 2.86. The van der Waals surface area contributed by atoms with Gasteiger partial charge in [0.05, 0.1) is 7.11 Å². The van der Waals surface area contributed by atoms with Crippen molar-refractivity contribution in [3.05, 3.63) is 23.7 Å². The highest BCUT2D eigenvalue weighted by molar-refractivity contribution is 5.86. The Balaban J connectivity index is 2.91. The molecule has 4 heteroatoms. The molecule has 0 aliphatic heterocycles. The molecule has 0 fully saturated rings. The third kappa shape index (κ3) is 1.38. The van der Waals surface area contributed by atoms with Gasteiger partial charge in [-0.3, -0.25) is 0 Å². The number of carbonyl (C=O) groups is 1. The van der Waals surface area contributed by atoms with Gasteiger partial charge >= 0.3 is 5.97 Å². The maximum atomic E-state index is 10.7. The zero-order chi connectivity index (χ0) is 8.27. The summed E-state index contributed by atoms with van der Waals surface area (Å²) in [7, 11) is 1.25. The Morgan fingerprint density at radius 2 is 2.45 bits per heavy atom. The highest BCUT2D eigenvalue weighted by Gasteiger charge is 2.09. The second-order valence-corrected chi connectivity index (χ2v) is 1.77. The summed E-state index contributed by atoms with van der Waals surface area (Å²) in [6, 6.07) is 4.55. The van der Waals surface area contributed by atoms with Crippen LogP contribution in [-0.2, 0) is 4.74 Å². The van der Waals surface area contributed by atoms with Crippen molar-refractivity contribution in [1.82, 2.24) is 0 Å². The van der Waals surface area contributed by atoms with E-state index in [1.807, 2.05) is 0 Å². The molecule has 1 heterocycles. The summed E-state index contributed by atoms with van der Waals surface area (Å²) in [5, 5.41) is 8.31. The summed E-state index contributed by atoms with van der Waals surface area (Å²) in [6.07, 6.45) is 0. The van der Waals surface area contributed by atoms with Crippen molar-refractivity contribution in [2.24, 2.45) is 0 Å². The normalized spacial score (nSPS) is 8.73. The van der Waals surface area contributed by atoms with Crippen molar-refractivity contribution in [3.63, 3.8) is 0 Å². The average molecular weight is 151 g/mol. The molecule has 0 saturated carbocycles. The van der Waals surface area contributed by atoms with E-state index in [2.05, 4.69) is 4.74 Å². The van der Waals surface area contributed by atoms with E-state index in [9.17, 15) is 4.79 Å². The topological polar surface area (TPSA) is 63.2 Å². The smallest absolute Gasteiger partial charge is 0.374 e. The van der Waals surface area contributed by atoms with Crippen molar-refractivity contribution in [1.29, 1.82) is 5.26 Å². The van der Waals surface area contributed by atoms with Crippen LogP contribution in [0.5, 0.6) is 0 Å². The number of ether oxygens (including phenoxy) is 1. The van der Waals surface area contributed by atoms with Crippen molar-refractivity contribution in [3.8, 4) is 6.07 Å². The monoisotopic (exact) mass is 151 g/mol. The van der Waals surface area contributed by atoms with Gasteiger partial charge in [0.25, 0.3) is 0 Å². The number of rotatable bonds is 1. The third-order valence-corrected chi connectivity index (χ3v) is 1.10. The number of nitrogens with zero attached hydrogens (tertiary/aromatic N) is 1. The Morgan fingerprint density at radius 3 is 2.91 bits per heavy atom. The van der Waals surface area contributed by atoms with E-state index in [4.69, 9.17) is 9.68 Å². The quantitative estimate of drug-likeness (QED) is 0.560. The summed E-state index contributed by atoms with van der Waals surface area (Å²) in [5.41, 5.74) is 0. The SMILES string of the molecule is COC(=O)c1ccc(C#N)o1. The lowest BCUT2D eigenvalue weighted by molar-refractivity contribution is 0.0564. The maximum absolute atomic E-state index is 10.7. The van der Waals surface area contributed by atoms with E-state index in [-0.39, 0.29) is 11.5 Å². The highest BCUT2D eigenvalue weighted by Crippen LogP contribution is 2.06. The molecule has 1 aromatic rings. The fraction of sp³-hybridized carbons (Fsp3) is 0.143. The Kier molecular flexibility index (Phi) is 1.93. The minimum absolute atomic E-state index is 0.0454. The number of hydrogen-bond donors (Lipinski definition) is 0. The first-order chi connectivity index (χ1) is 5.27. The summed E-state index contributed by atoms with van der Waals surface area (Å²) in [6.45, 7) is 0. The van der Waals surface area contributed by atoms with E-state index in [1.54, 1.807) is 6.07 Å². The Bertz CT molecular complexity index is 308. The molecule has 56 valence electrons. The van der Waals surface area contributed by atoms with Gasteiger partial charge in [-0.1, -0.05) is 0 Å². The predicted octanol–water partition coefficient (Wildman–Crippen LogP) is 0.938. The molecule has 0 radical (unpaired) electrons. The molecular formula is C7H5NO3. The molecule has 0 aliphatic rings. The van der Waals surface area contributed by atoms with Crippen LogP contribution in [0.1, 0.15) is 16.3 Å². The molecule has 0 atom stereocenters. The van der Waals surface area contributed by atoms with Gasteiger partial charge in [0.2, 0.25) is 11.5 Å². The molecule has 0 amide bonds. The fourth-order valence-electron chi connectivity index (χ4n) is 0.608. The van der Waals surface area contributed by atoms with Gasteiger partial charge in [-0.05, 0) is 12.1 Å². The highest BCUT2D eigenvalue weighted by atomic mass is 16.5. The first-order valence-electron chi connectivity index (χ1n) is 2.86. The minimum atomic E-state index is -0.577. The summed E-state index contributed by atoms with van der Waals surface area (Å²) < 4.78 is 9.10. The summed E-state index contributed by atoms with van der Waals surface area (Å²) in [4.78, 5) is 10.7. The number of methoxy groups -OCH3 is 1. The van der Waals surface area contributed by atoms with E-state index in [0.717, 1.165) is 0 Å². The Hall–Kier alpha value is -1.76. The van der Waals surface area contributed by atoms with E-state index in [0.29, 0.717) is 0 Å². The second kappa shape index (κ2) is 2.88. The number of carbonyl (C=O) groups excluding carboxylic acids is 1. The lowest BCUT2D eigenvalue weighted by Crippen LogP contribution is -1.98. The molecular weight excluding hydrogens is 146 g/mol. The first kappa shape index (κ1) is 7.35. The van der Waals surface area contributed by atoms with Crippen molar-refractivity contribution < 1.29 is 13.9 Å². The maximum Gasteiger partial charge on any atom is 0.374 e. The molecule has 0 aromatic carbocycles. The van der Waals surface area contributed by atoms with Crippen molar-refractivity contribution in [2.75, 3.05) is 7.11 Å². The number of nitriles is 1. The van der Waals surface area contributed by atoms with Gasteiger partial charge in [0.15, 0.2) is 0 Å². The molecule has 0 N–H and O–H groups in total. The molecule has 0 spiro atoms.